The Morgan fingerprint density at radius 1 is 0.295 bits per heavy atom. The van der Waals surface area contributed by atoms with Gasteiger partial charge in [-0.3, -0.25) is 0 Å². The van der Waals surface area contributed by atoms with Crippen molar-refractivity contribution in [2.45, 2.75) is 213 Å². The van der Waals surface area contributed by atoms with E-state index in [0.29, 0.717) is 26.4 Å². The molecule has 0 amide bonds. The lowest BCUT2D eigenvalue weighted by molar-refractivity contribution is 0.292. The summed E-state index contributed by atoms with van der Waals surface area (Å²) in [5, 5.41) is 33.4. The minimum absolute atomic E-state index is 0.200. The van der Waals surface area contributed by atoms with E-state index >= 15 is 0 Å². The van der Waals surface area contributed by atoms with E-state index < -0.39 is 0 Å². The van der Waals surface area contributed by atoms with Crippen molar-refractivity contribution in [2.75, 3.05) is 49.4 Å². The molecule has 24 heteroatoms. The molecular formula is C64H80N8O4S12. The van der Waals surface area contributed by atoms with Crippen molar-refractivity contribution >= 4 is 139 Å². The predicted octanol–water partition coefficient (Wildman–Crippen LogP) is 21.0. The van der Waals surface area contributed by atoms with Crippen LogP contribution in [0.5, 0.6) is 23.0 Å². The molecule has 8 aromatic rings. The van der Waals surface area contributed by atoms with Gasteiger partial charge in [0.2, 0.25) is 0 Å². The van der Waals surface area contributed by atoms with Crippen molar-refractivity contribution in [3.05, 3.63) is 92.8 Å². The fraction of sp³-hybridized carbons (Fsp3) is 0.500. The van der Waals surface area contributed by atoms with E-state index in [1.807, 2.05) is 0 Å². The lowest BCUT2D eigenvalue weighted by Crippen LogP contribution is -2.14. The minimum Gasteiger partial charge on any atom is -0.491 e. The van der Waals surface area contributed by atoms with Gasteiger partial charge in [-0.1, -0.05) is 223 Å². The zero-order chi connectivity index (χ0) is 62.3. The predicted molar refractivity (Wildman–Crippen MR) is 379 cm³/mol. The number of thioether (sulfide) groups is 4. The Hall–Kier alpha value is -2.88. The van der Waals surface area contributed by atoms with Gasteiger partial charge < -0.3 is 18.9 Å². The fourth-order valence-electron chi connectivity index (χ4n) is 8.74. The van der Waals surface area contributed by atoms with Gasteiger partial charge in [0, 0.05) is 23.0 Å². The van der Waals surface area contributed by atoms with Crippen molar-refractivity contribution < 1.29 is 18.9 Å². The van der Waals surface area contributed by atoms with Crippen LogP contribution in [0.25, 0.3) is 0 Å². The van der Waals surface area contributed by atoms with E-state index in [9.17, 15) is 0 Å². The number of benzene rings is 4. The molecule has 0 spiro atoms. The summed E-state index contributed by atoms with van der Waals surface area (Å²) in [5.41, 5.74) is 11.3. The van der Waals surface area contributed by atoms with E-state index in [0.717, 1.165) is 154 Å². The van der Waals surface area contributed by atoms with Crippen LogP contribution in [-0.4, -0.2) is 90.2 Å². The van der Waals surface area contributed by atoms with Crippen molar-refractivity contribution in [1.82, 2.24) is 40.8 Å². The van der Waals surface area contributed by atoms with Gasteiger partial charge in [-0.15, -0.1) is 40.8 Å². The van der Waals surface area contributed by atoms with Gasteiger partial charge in [0.1, 0.15) is 45.0 Å². The number of aromatic nitrogens is 8. The third-order valence-electron chi connectivity index (χ3n) is 13.8. The Morgan fingerprint density at radius 2 is 0.489 bits per heavy atom. The fourth-order valence-corrected chi connectivity index (χ4v) is 19.8. The van der Waals surface area contributed by atoms with Crippen LogP contribution in [0, 0.1) is 0 Å². The first-order valence-corrected chi connectivity index (χ1v) is 40.4. The quantitative estimate of drug-likeness (QED) is 0.0339. The monoisotopic (exact) mass is 1410 g/mol. The molecule has 0 N–H and O–H groups in total. The standard InChI is InChI=1S/C64H80N8O4S12/c1-61(2,3)41-29-45-53(73-21-13-17-25-77-57-69-65-37-81-57)46(30-41)86-48-32-43(63(7,8)9)34-50(55(48)75-23-15-19-27-79-59-71-67-39-83-59)88-52-36-44(64(10,11)12)35-51(56(52)76-24-16-20-28-80-60-72-68-40-84-60)87-49-33-42(62(4,5)6)31-47(85-45)54(49)74-22-14-18-26-78-58-70-66-38-82-58/h29-40H,13-28H2,1-12H3. The number of hydrogen-bond acceptors (Lipinski definition) is 24. The van der Waals surface area contributed by atoms with Crippen LogP contribution in [0.15, 0.2) is 127 Å². The molecule has 0 saturated heterocycles. The summed E-state index contributed by atoms with van der Waals surface area (Å²) in [6.07, 6.45) is 7.39. The molecule has 0 aliphatic carbocycles. The van der Waals surface area contributed by atoms with Crippen molar-refractivity contribution in [3.8, 4) is 23.0 Å². The normalized spacial score (nSPS) is 13.0. The van der Waals surface area contributed by atoms with Crippen LogP contribution in [0.2, 0.25) is 0 Å². The van der Waals surface area contributed by atoms with Gasteiger partial charge in [-0.25, -0.2) is 0 Å². The Labute approximate surface area is 571 Å². The third-order valence-corrected chi connectivity index (χ3v) is 25.8. The summed E-state index contributed by atoms with van der Waals surface area (Å²) in [6.45, 7) is 29.9. The number of rotatable bonds is 28. The van der Waals surface area contributed by atoms with E-state index in [2.05, 4.69) is 172 Å². The lowest BCUT2D eigenvalue weighted by atomic mass is 9.87. The van der Waals surface area contributed by atoms with E-state index in [-0.39, 0.29) is 21.7 Å². The van der Waals surface area contributed by atoms with E-state index in [1.54, 1.807) is 161 Å². The van der Waals surface area contributed by atoms with Gasteiger partial charge in [0.15, 0.2) is 17.4 Å². The Kier molecular flexibility index (Phi) is 25.9. The molecule has 0 radical (unpaired) electrons. The largest absolute Gasteiger partial charge is 0.491 e. The summed E-state index contributed by atoms with van der Waals surface area (Å²) in [7, 11) is 0. The maximum absolute atomic E-state index is 7.31. The molecule has 0 fully saturated rings. The van der Waals surface area contributed by atoms with Crippen LogP contribution < -0.4 is 18.9 Å². The summed E-state index contributed by atoms with van der Waals surface area (Å²) >= 11 is 20.4. The summed E-state index contributed by atoms with van der Waals surface area (Å²) in [6, 6.07) is 19.0. The first kappa shape index (κ1) is 69.5. The van der Waals surface area contributed by atoms with Gasteiger partial charge in [0.05, 0.1) is 65.6 Å². The average molecular weight is 1410 g/mol. The maximum atomic E-state index is 7.31. The molecule has 0 unspecified atom stereocenters. The molecule has 9 rings (SSSR count). The Morgan fingerprint density at radius 3 is 0.648 bits per heavy atom. The number of nitrogens with zero attached hydrogens (tertiary/aromatic N) is 8. The molecule has 5 heterocycles. The van der Waals surface area contributed by atoms with Crippen LogP contribution >= 0.6 is 139 Å². The molecule has 4 aromatic heterocycles. The van der Waals surface area contributed by atoms with Crippen molar-refractivity contribution in [3.63, 3.8) is 0 Å². The highest BCUT2D eigenvalue weighted by Gasteiger charge is 2.31. The van der Waals surface area contributed by atoms with Crippen LogP contribution in [0.4, 0.5) is 0 Å². The molecule has 1 aliphatic heterocycles. The smallest absolute Gasteiger partial charge is 0.174 e. The maximum Gasteiger partial charge on any atom is 0.174 e. The first-order chi connectivity index (χ1) is 42.2. The molecule has 1 aliphatic rings. The number of hydrogen-bond donors (Lipinski definition) is 0. The minimum atomic E-state index is -0.200. The SMILES string of the molecule is CC(C)(C)c1cc2c(OCCCCSc3nncs3)c(c1)Sc1cc(C(C)(C)C)cc(c1OCCCCSc1nncs1)Sc1cc(C(C)(C)C)cc(c1OCCCCSc1nncs1)Sc1cc(C(C)(C)C)cc(c1OCCCCSc1nncs1)S2. The second-order valence-electron chi connectivity index (χ2n) is 25.0. The molecule has 0 atom stereocenters. The molecule has 0 saturated carbocycles. The third kappa shape index (κ3) is 20.6. The lowest BCUT2D eigenvalue weighted by Gasteiger charge is -2.28. The van der Waals surface area contributed by atoms with Gasteiger partial charge in [0.25, 0.3) is 0 Å². The van der Waals surface area contributed by atoms with Crippen LogP contribution in [0.3, 0.4) is 0 Å². The second-order valence-corrected chi connectivity index (χ2v) is 38.1. The van der Waals surface area contributed by atoms with E-state index in [1.165, 1.54) is 22.3 Å². The molecule has 12 nitrogen and oxygen atoms in total. The average Bonchev–Trinajstić information content (AvgIpc) is 1.06. The van der Waals surface area contributed by atoms with Crippen molar-refractivity contribution in [1.29, 1.82) is 0 Å². The topological polar surface area (TPSA) is 140 Å². The zero-order valence-corrected chi connectivity index (χ0v) is 62.1. The summed E-state index contributed by atoms with van der Waals surface area (Å²) < 4.78 is 33.2. The molecule has 472 valence electrons. The molecule has 8 bridgehead atoms. The first-order valence-electron chi connectivity index (χ1n) is 29.7. The second kappa shape index (κ2) is 32.8. The Bertz CT molecular complexity index is 2900. The van der Waals surface area contributed by atoms with Gasteiger partial charge in [-0.05, 0) is 144 Å². The van der Waals surface area contributed by atoms with Gasteiger partial charge in [-0.2, -0.15) is 0 Å². The number of fused-ring (bicyclic) bond motifs is 8. The number of ether oxygens (including phenoxy) is 4. The summed E-state index contributed by atoms with van der Waals surface area (Å²) in [4.78, 5) is 8.39. The number of unbranched alkanes of at least 4 members (excludes halogenated alkanes) is 4. The van der Waals surface area contributed by atoms with Gasteiger partial charge >= 0.3 is 0 Å². The highest BCUT2D eigenvalue weighted by Crippen LogP contribution is 2.57. The van der Waals surface area contributed by atoms with Crippen LogP contribution in [0.1, 0.15) is 157 Å². The van der Waals surface area contributed by atoms with Crippen molar-refractivity contribution in [2.24, 2.45) is 0 Å². The highest BCUT2D eigenvalue weighted by molar-refractivity contribution is 8.02. The highest BCUT2D eigenvalue weighted by atomic mass is 32.2. The summed E-state index contributed by atoms with van der Waals surface area (Å²) in [5.74, 6) is 7.22. The molecular weight excluding hydrogens is 1330 g/mol. The Balaban J connectivity index is 1.22. The molecule has 88 heavy (non-hydrogen) atoms. The van der Waals surface area contributed by atoms with Crippen LogP contribution in [-0.2, 0) is 21.7 Å². The zero-order valence-electron chi connectivity index (χ0n) is 52.4. The van der Waals surface area contributed by atoms with E-state index in [4.69, 9.17) is 18.9 Å². The molecule has 4 aromatic carbocycles.